The van der Waals surface area contributed by atoms with E-state index in [0.717, 1.165) is 0 Å². The summed E-state index contributed by atoms with van der Waals surface area (Å²) in [4.78, 5) is 13.8. The first-order chi connectivity index (χ1) is 7.81. The van der Waals surface area contributed by atoms with Crippen molar-refractivity contribution in [3.05, 3.63) is 0 Å². The van der Waals surface area contributed by atoms with Crippen LogP contribution >= 0.6 is 12.4 Å². The van der Waals surface area contributed by atoms with Crippen molar-refractivity contribution in [1.29, 1.82) is 0 Å². The normalized spacial score (nSPS) is 28.3. The smallest absolute Gasteiger partial charge is 0.226 e. The molecule has 7 heteroatoms. The number of nitrogens with one attached hydrogen (secondary N) is 1. The van der Waals surface area contributed by atoms with Crippen LogP contribution in [0.1, 0.15) is 20.8 Å². The van der Waals surface area contributed by atoms with Gasteiger partial charge >= 0.3 is 0 Å². The fraction of sp³-hybridized carbons (Fsp3) is 0.909. The molecule has 1 heterocycles. The molecular formula is C11H23ClN2O3S. The van der Waals surface area contributed by atoms with Gasteiger partial charge in [0.15, 0.2) is 9.84 Å². The topological polar surface area (TPSA) is 66.5 Å². The second-order valence-corrected chi connectivity index (χ2v) is 7.28. The fourth-order valence-electron chi connectivity index (χ4n) is 2.16. The van der Waals surface area contributed by atoms with E-state index >= 15 is 0 Å². The average Bonchev–Trinajstić information content (AvgIpc) is 2.26. The van der Waals surface area contributed by atoms with Crippen LogP contribution in [-0.4, -0.2) is 56.4 Å². The lowest BCUT2D eigenvalue weighted by Crippen LogP contribution is -2.56. The SMILES string of the molecule is CNCC(C)C(=O)N1CCS(=O)(=O)C(C)C1C.Cl. The molecule has 1 aliphatic rings. The summed E-state index contributed by atoms with van der Waals surface area (Å²) in [7, 11) is -1.22. The van der Waals surface area contributed by atoms with Gasteiger partial charge in [-0.3, -0.25) is 4.79 Å². The molecule has 0 aromatic carbocycles. The first kappa shape index (κ1) is 17.7. The maximum absolute atomic E-state index is 12.1. The highest BCUT2D eigenvalue weighted by Gasteiger charge is 2.38. The van der Waals surface area contributed by atoms with E-state index in [4.69, 9.17) is 0 Å². The van der Waals surface area contributed by atoms with Gasteiger partial charge in [0.25, 0.3) is 0 Å². The number of sulfone groups is 1. The predicted octanol–water partition coefficient (Wildman–Crippen LogP) is 0.298. The van der Waals surface area contributed by atoms with E-state index in [9.17, 15) is 13.2 Å². The number of hydrogen-bond donors (Lipinski definition) is 1. The van der Waals surface area contributed by atoms with E-state index in [1.807, 2.05) is 13.8 Å². The van der Waals surface area contributed by atoms with Crippen molar-refractivity contribution in [2.24, 2.45) is 5.92 Å². The van der Waals surface area contributed by atoms with E-state index in [1.165, 1.54) is 0 Å². The lowest BCUT2D eigenvalue weighted by Gasteiger charge is -2.38. The third-order valence-electron chi connectivity index (χ3n) is 3.57. The molecule has 0 aromatic rings. The van der Waals surface area contributed by atoms with Crippen LogP contribution in [0.5, 0.6) is 0 Å². The Balaban J connectivity index is 0.00000289. The summed E-state index contributed by atoms with van der Waals surface area (Å²) in [5, 5.41) is 2.49. The van der Waals surface area contributed by atoms with Gasteiger partial charge in [0.2, 0.25) is 5.91 Å². The number of carbonyl (C=O) groups excluding carboxylic acids is 1. The maximum Gasteiger partial charge on any atom is 0.226 e. The molecule has 1 rings (SSSR count). The summed E-state index contributed by atoms with van der Waals surface area (Å²) in [6, 6.07) is -0.236. The molecular weight excluding hydrogens is 276 g/mol. The molecule has 0 aliphatic carbocycles. The largest absolute Gasteiger partial charge is 0.337 e. The monoisotopic (exact) mass is 298 g/mol. The van der Waals surface area contributed by atoms with Crippen molar-refractivity contribution in [1.82, 2.24) is 10.2 Å². The van der Waals surface area contributed by atoms with Crippen LogP contribution in [0.4, 0.5) is 0 Å². The molecule has 1 fully saturated rings. The van der Waals surface area contributed by atoms with E-state index < -0.39 is 15.1 Å². The summed E-state index contributed by atoms with van der Waals surface area (Å²) in [6.07, 6.45) is 0. The molecule has 3 unspecified atom stereocenters. The Bertz CT molecular complexity index is 386. The lowest BCUT2D eigenvalue weighted by molar-refractivity contribution is -0.136. The molecule has 18 heavy (non-hydrogen) atoms. The van der Waals surface area contributed by atoms with Gasteiger partial charge < -0.3 is 10.2 Å². The Labute approximate surface area is 116 Å². The van der Waals surface area contributed by atoms with E-state index in [0.29, 0.717) is 13.1 Å². The van der Waals surface area contributed by atoms with Gasteiger partial charge in [0.1, 0.15) is 0 Å². The summed E-state index contributed by atoms with van der Waals surface area (Å²) < 4.78 is 23.4. The van der Waals surface area contributed by atoms with Crippen molar-refractivity contribution in [2.45, 2.75) is 32.1 Å². The predicted molar refractivity (Wildman–Crippen MR) is 74.8 cm³/mol. The van der Waals surface area contributed by atoms with Gasteiger partial charge in [-0.05, 0) is 20.9 Å². The number of nitrogens with zero attached hydrogens (tertiary/aromatic N) is 1. The summed E-state index contributed by atoms with van der Waals surface area (Å²) in [5.41, 5.74) is 0. The van der Waals surface area contributed by atoms with Crippen molar-refractivity contribution < 1.29 is 13.2 Å². The van der Waals surface area contributed by atoms with Crippen LogP contribution in [0, 0.1) is 5.92 Å². The first-order valence-electron chi connectivity index (χ1n) is 5.98. The molecule has 1 aliphatic heterocycles. The third-order valence-corrected chi connectivity index (χ3v) is 5.85. The molecule has 0 spiro atoms. The van der Waals surface area contributed by atoms with E-state index in [-0.39, 0.29) is 36.0 Å². The molecule has 1 amide bonds. The minimum atomic E-state index is -3.02. The number of rotatable bonds is 3. The molecule has 0 radical (unpaired) electrons. The zero-order valence-electron chi connectivity index (χ0n) is 11.3. The second-order valence-electron chi connectivity index (χ2n) is 4.80. The zero-order chi connectivity index (χ0) is 13.2. The van der Waals surface area contributed by atoms with Crippen LogP contribution in [0.15, 0.2) is 0 Å². The fourth-order valence-corrected chi connectivity index (χ4v) is 3.73. The highest BCUT2D eigenvalue weighted by molar-refractivity contribution is 7.92. The van der Waals surface area contributed by atoms with Crippen molar-refractivity contribution in [3.8, 4) is 0 Å². The van der Waals surface area contributed by atoms with Gasteiger partial charge in [0, 0.05) is 25.0 Å². The Kier molecular flexibility index (Phi) is 6.60. The standard InChI is InChI=1S/C11H22N2O3S.ClH/c1-8(7-12-4)11(14)13-5-6-17(15,16)10(3)9(13)2;/h8-10,12H,5-7H2,1-4H3;1H. The molecule has 5 nitrogen and oxygen atoms in total. The minimum Gasteiger partial charge on any atom is -0.337 e. The summed E-state index contributed by atoms with van der Waals surface area (Å²) >= 11 is 0. The Morgan fingerprint density at radius 1 is 1.44 bits per heavy atom. The van der Waals surface area contributed by atoms with Gasteiger partial charge in [-0.1, -0.05) is 6.92 Å². The summed E-state index contributed by atoms with van der Waals surface area (Å²) in [6.45, 7) is 6.29. The number of halogens is 1. The van der Waals surface area contributed by atoms with Gasteiger partial charge in [-0.25, -0.2) is 8.42 Å². The molecule has 0 saturated carbocycles. The molecule has 1 N–H and O–H groups in total. The van der Waals surface area contributed by atoms with Crippen LogP contribution in [0.3, 0.4) is 0 Å². The summed E-state index contributed by atoms with van der Waals surface area (Å²) in [5.74, 6) is 0.000302. The zero-order valence-corrected chi connectivity index (χ0v) is 13.0. The molecule has 3 atom stereocenters. The van der Waals surface area contributed by atoms with Crippen molar-refractivity contribution in [2.75, 3.05) is 25.9 Å². The first-order valence-corrected chi connectivity index (χ1v) is 7.69. The number of hydrogen-bond acceptors (Lipinski definition) is 4. The average molecular weight is 299 g/mol. The van der Waals surface area contributed by atoms with Gasteiger partial charge in [-0.15, -0.1) is 12.4 Å². The van der Waals surface area contributed by atoms with Crippen LogP contribution in [-0.2, 0) is 14.6 Å². The Morgan fingerprint density at radius 3 is 2.50 bits per heavy atom. The molecule has 0 aromatic heterocycles. The van der Waals surface area contributed by atoms with Crippen molar-refractivity contribution >= 4 is 28.2 Å². The highest BCUT2D eigenvalue weighted by atomic mass is 35.5. The van der Waals surface area contributed by atoms with E-state index in [2.05, 4.69) is 5.32 Å². The Morgan fingerprint density at radius 2 is 2.00 bits per heavy atom. The van der Waals surface area contributed by atoms with Crippen LogP contribution in [0.2, 0.25) is 0 Å². The number of carbonyl (C=O) groups is 1. The van der Waals surface area contributed by atoms with Crippen LogP contribution < -0.4 is 5.32 Å². The van der Waals surface area contributed by atoms with Gasteiger partial charge in [0.05, 0.1) is 11.0 Å². The minimum absolute atomic E-state index is 0. The lowest BCUT2D eigenvalue weighted by atomic mass is 10.1. The second kappa shape index (κ2) is 6.73. The maximum atomic E-state index is 12.1. The van der Waals surface area contributed by atoms with Crippen LogP contribution in [0.25, 0.3) is 0 Å². The molecule has 108 valence electrons. The quantitative estimate of drug-likeness (QED) is 0.814. The van der Waals surface area contributed by atoms with Gasteiger partial charge in [-0.2, -0.15) is 0 Å². The molecule has 0 bridgehead atoms. The highest BCUT2D eigenvalue weighted by Crippen LogP contribution is 2.20. The van der Waals surface area contributed by atoms with Crippen molar-refractivity contribution in [3.63, 3.8) is 0 Å². The third kappa shape index (κ3) is 3.59. The Hall–Kier alpha value is -0.330. The number of amides is 1. The van der Waals surface area contributed by atoms with E-state index in [1.54, 1.807) is 18.9 Å². The molecule has 1 saturated heterocycles.